The second-order valence-corrected chi connectivity index (χ2v) is 4.77. The van der Waals surface area contributed by atoms with Crippen LogP contribution in [0.4, 0.5) is 0 Å². The first-order valence-corrected chi connectivity index (χ1v) is 6.67. The lowest BCUT2D eigenvalue weighted by molar-refractivity contribution is -0.132. The van der Waals surface area contributed by atoms with Crippen LogP contribution in [0.3, 0.4) is 0 Å². The number of nitrogens with one attached hydrogen (secondary N) is 2. The van der Waals surface area contributed by atoms with Crippen molar-refractivity contribution in [3.63, 3.8) is 0 Å². The molecule has 2 N–H and O–H groups in total. The summed E-state index contributed by atoms with van der Waals surface area (Å²) in [5.74, 6) is -0.189. The highest BCUT2D eigenvalue weighted by atomic mass is 35.5. The first kappa shape index (κ1) is 16.9. The summed E-state index contributed by atoms with van der Waals surface area (Å²) in [5, 5.41) is 11.1. The first-order valence-electron chi connectivity index (χ1n) is 6.29. The van der Waals surface area contributed by atoms with Gasteiger partial charge >= 0.3 is 5.97 Å². The summed E-state index contributed by atoms with van der Waals surface area (Å²) in [4.78, 5) is 15.6. The Labute approximate surface area is 129 Å². The van der Waals surface area contributed by atoms with Crippen molar-refractivity contribution in [1.29, 1.82) is 5.41 Å². The number of carbonyl (C=O) groups excluding carboxylic acids is 1. The first-order chi connectivity index (χ1) is 9.97. The zero-order valence-corrected chi connectivity index (χ0v) is 12.8. The predicted molar refractivity (Wildman–Crippen MR) is 85.0 cm³/mol. The van der Waals surface area contributed by atoms with Gasteiger partial charge in [0.25, 0.3) is 0 Å². The van der Waals surface area contributed by atoms with E-state index >= 15 is 0 Å². The van der Waals surface area contributed by atoms with Crippen LogP contribution in [0.1, 0.15) is 17.5 Å². The minimum absolute atomic E-state index is 0.0608. The van der Waals surface area contributed by atoms with Crippen molar-refractivity contribution >= 4 is 29.1 Å². The number of rotatable bonds is 6. The van der Waals surface area contributed by atoms with E-state index in [2.05, 4.69) is 21.6 Å². The zero-order valence-electron chi connectivity index (χ0n) is 12.1. The zero-order chi connectivity index (χ0) is 15.8. The van der Waals surface area contributed by atoms with Crippen LogP contribution in [0.5, 0.6) is 0 Å². The van der Waals surface area contributed by atoms with Crippen LogP contribution in [-0.2, 0) is 16.1 Å². The summed E-state index contributed by atoms with van der Waals surface area (Å²) < 4.78 is 4.50. The standard InChI is InChI=1S/C15H18ClN3O2/c1-4-18-14(8-13(17)15(20)21-3)19-9-11-5-6-12(16)7-10(11)2/h4-7,17H,1,8-9H2,2-3H3,(H,18,19). The third kappa shape index (κ3) is 5.39. The highest BCUT2D eigenvalue weighted by molar-refractivity contribution is 6.38. The number of ether oxygens (including phenoxy) is 1. The van der Waals surface area contributed by atoms with Crippen molar-refractivity contribution in [2.45, 2.75) is 19.9 Å². The largest absolute Gasteiger partial charge is 0.465 e. The summed E-state index contributed by atoms with van der Waals surface area (Å²) >= 11 is 5.91. The van der Waals surface area contributed by atoms with Gasteiger partial charge in [-0.3, -0.25) is 10.4 Å². The van der Waals surface area contributed by atoms with Crippen molar-refractivity contribution in [2.24, 2.45) is 4.99 Å². The molecular formula is C15H18ClN3O2. The van der Waals surface area contributed by atoms with Gasteiger partial charge in [0, 0.05) is 5.02 Å². The van der Waals surface area contributed by atoms with Gasteiger partial charge in [-0.1, -0.05) is 24.2 Å². The van der Waals surface area contributed by atoms with Crippen LogP contribution in [0, 0.1) is 12.3 Å². The number of esters is 1. The minimum atomic E-state index is -0.670. The lowest BCUT2D eigenvalue weighted by atomic mass is 10.1. The fourth-order valence-electron chi connectivity index (χ4n) is 1.65. The van der Waals surface area contributed by atoms with Gasteiger partial charge in [-0.05, 0) is 36.4 Å². The van der Waals surface area contributed by atoms with E-state index < -0.39 is 5.97 Å². The molecule has 0 atom stereocenters. The molecule has 0 aliphatic rings. The summed E-state index contributed by atoms with van der Waals surface area (Å²) in [6, 6.07) is 5.57. The van der Waals surface area contributed by atoms with Crippen molar-refractivity contribution in [3.05, 3.63) is 47.1 Å². The fourth-order valence-corrected chi connectivity index (χ4v) is 1.88. The number of methoxy groups -OCH3 is 1. The lowest BCUT2D eigenvalue weighted by Gasteiger charge is -2.08. The summed E-state index contributed by atoms with van der Waals surface area (Å²) in [6.07, 6.45) is 1.52. The quantitative estimate of drug-likeness (QED) is 0.482. The van der Waals surface area contributed by atoms with Gasteiger partial charge in [0.2, 0.25) is 0 Å². The maximum absolute atomic E-state index is 11.2. The maximum atomic E-state index is 11.2. The molecule has 0 aliphatic carbocycles. The number of halogens is 1. The Morgan fingerprint density at radius 2 is 2.29 bits per heavy atom. The molecule has 1 rings (SSSR count). The molecule has 5 nitrogen and oxygen atoms in total. The highest BCUT2D eigenvalue weighted by Gasteiger charge is 2.12. The van der Waals surface area contributed by atoms with Crippen LogP contribution < -0.4 is 5.32 Å². The van der Waals surface area contributed by atoms with E-state index in [0.29, 0.717) is 17.4 Å². The smallest absolute Gasteiger partial charge is 0.352 e. The van der Waals surface area contributed by atoms with Crippen LogP contribution in [-0.4, -0.2) is 24.6 Å². The van der Waals surface area contributed by atoms with Crippen molar-refractivity contribution < 1.29 is 9.53 Å². The Morgan fingerprint density at radius 1 is 1.57 bits per heavy atom. The van der Waals surface area contributed by atoms with Crippen molar-refractivity contribution in [2.75, 3.05) is 7.11 Å². The van der Waals surface area contributed by atoms with Crippen LogP contribution >= 0.6 is 11.6 Å². The molecule has 0 bridgehead atoms. The van der Waals surface area contributed by atoms with Gasteiger partial charge in [0.1, 0.15) is 11.5 Å². The van der Waals surface area contributed by atoms with Gasteiger partial charge in [-0.2, -0.15) is 0 Å². The van der Waals surface area contributed by atoms with E-state index in [4.69, 9.17) is 17.0 Å². The molecule has 1 aromatic rings. The van der Waals surface area contributed by atoms with E-state index in [1.807, 2.05) is 19.1 Å². The van der Waals surface area contributed by atoms with Crippen LogP contribution in [0.25, 0.3) is 0 Å². The van der Waals surface area contributed by atoms with Crippen molar-refractivity contribution in [3.8, 4) is 0 Å². The molecular weight excluding hydrogens is 290 g/mol. The Hall–Kier alpha value is -2.14. The molecule has 0 aromatic heterocycles. The van der Waals surface area contributed by atoms with E-state index in [1.165, 1.54) is 13.3 Å². The number of hydrogen-bond donors (Lipinski definition) is 2. The van der Waals surface area contributed by atoms with E-state index in [-0.39, 0.29) is 12.1 Å². The summed E-state index contributed by atoms with van der Waals surface area (Å²) in [5.41, 5.74) is 1.89. The maximum Gasteiger partial charge on any atom is 0.352 e. The van der Waals surface area contributed by atoms with Gasteiger partial charge in [-0.15, -0.1) is 0 Å². The average molecular weight is 308 g/mol. The molecule has 0 radical (unpaired) electrons. The molecule has 0 spiro atoms. The summed E-state index contributed by atoms with van der Waals surface area (Å²) in [7, 11) is 1.24. The number of nitrogens with zero attached hydrogens (tertiary/aromatic N) is 1. The van der Waals surface area contributed by atoms with E-state index in [9.17, 15) is 4.79 Å². The number of carbonyl (C=O) groups is 1. The minimum Gasteiger partial charge on any atom is -0.465 e. The Kier molecular flexibility index (Phi) is 6.62. The number of aryl methyl sites for hydroxylation is 1. The Morgan fingerprint density at radius 3 is 2.86 bits per heavy atom. The van der Waals surface area contributed by atoms with Crippen LogP contribution in [0.15, 0.2) is 36.0 Å². The Bertz CT molecular complexity index is 582. The molecule has 0 unspecified atom stereocenters. The molecule has 0 heterocycles. The normalized spacial score (nSPS) is 10.9. The molecule has 0 fully saturated rings. The van der Waals surface area contributed by atoms with Crippen LogP contribution in [0.2, 0.25) is 5.02 Å². The fraction of sp³-hybridized carbons (Fsp3) is 0.267. The van der Waals surface area contributed by atoms with Gasteiger partial charge in [0.05, 0.1) is 20.1 Å². The number of amidine groups is 1. The Balaban J connectivity index is 2.82. The lowest BCUT2D eigenvalue weighted by Crippen LogP contribution is -2.25. The summed E-state index contributed by atoms with van der Waals surface area (Å²) in [6.45, 7) is 5.94. The molecule has 21 heavy (non-hydrogen) atoms. The van der Waals surface area contributed by atoms with Gasteiger partial charge in [-0.25, -0.2) is 4.79 Å². The topological polar surface area (TPSA) is 74.5 Å². The third-order valence-electron chi connectivity index (χ3n) is 2.79. The van der Waals surface area contributed by atoms with Crippen molar-refractivity contribution in [1.82, 2.24) is 5.32 Å². The molecule has 112 valence electrons. The van der Waals surface area contributed by atoms with E-state index in [1.54, 1.807) is 6.07 Å². The average Bonchev–Trinajstić information content (AvgIpc) is 2.45. The van der Waals surface area contributed by atoms with Gasteiger partial charge < -0.3 is 10.1 Å². The molecule has 0 saturated heterocycles. The van der Waals surface area contributed by atoms with E-state index in [0.717, 1.165) is 11.1 Å². The van der Waals surface area contributed by atoms with Gasteiger partial charge in [0.15, 0.2) is 0 Å². The molecule has 6 heteroatoms. The predicted octanol–water partition coefficient (Wildman–Crippen LogP) is 2.86. The number of aliphatic imine (C=N–C) groups is 1. The molecule has 0 amide bonds. The second-order valence-electron chi connectivity index (χ2n) is 4.33. The molecule has 0 saturated carbocycles. The highest BCUT2D eigenvalue weighted by Crippen LogP contribution is 2.16. The monoisotopic (exact) mass is 307 g/mol. The third-order valence-corrected chi connectivity index (χ3v) is 3.02. The molecule has 0 aliphatic heterocycles. The number of hydrogen-bond acceptors (Lipinski definition) is 4. The molecule has 1 aromatic carbocycles. The SMILES string of the molecule is C=CNC(CC(=N)C(=O)OC)=NCc1ccc(Cl)cc1C. The second kappa shape index (κ2) is 8.21. The number of benzene rings is 1.